The standard InChI is InChI=1S/C14H14N6O4S3/c1-7-3-9(19-23-7)15-11(21)5-25-13-17-18-14(27-13)26-6-12(22)16-10-4-8(2)24-20-10/h3-4H,5-6H2,1-2H3,(H,15,19,21)(H,16,20,22). The molecule has 0 radical (unpaired) electrons. The minimum absolute atomic E-state index is 0.164. The van der Waals surface area contributed by atoms with Crippen molar-refractivity contribution < 1.29 is 18.6 Å². The summed E-state index contributed by atoms with van der Waals surface area (Å²) in [5, 5.41) is 20.6. The minimum atomic E-state index is -0.222. The zero-order chi connectivity index (χ0) is 19.2. The zero-order valence-corrected chi connectivity index (χ0v) is 16.7. The number of nitrogens with zero attached hydrogens (tertiary/aromatic N) is 4. The summed E-state index contributed by atoms with van der Waals surface area (Å²) in [6, 6.07) is 3.27. The van der Waals surface area contributed by atoms with Crippen LogP contribution in [0.5, 0.6) is 0 Å². The van der Waals surface area contributed by atoms with Gasteiger partial charge < -0.3 is 19.7 Å². The molecule has 142 valence electrons. The number of rotatable bonds is 8. The quantitative estimate of drug-likeness (QED) is 0.517. The minimum Gasteiger partial charge on any atom is -0.360 e. The van der Waals surface area contributed by atoms with Crippen LogP contribution in [0, 0.1) is 13.8 Å². The molecular formula is C14H14N6O4S3. The van der Waals surface area contributed by atoms with Crippen LogP contribution in [-0.2, 0) is 9.59 Å². The molecule has 10 nitrogen and oxygen atoms in total. The molecule has 0 spiro atoms. The Labute approximate surface area is 165 Å². The fraction of sp³-hybridized carbons (Fsp3) is 0.286. The van der Waals surface area contributed by atoms with E-state index < -0.39 is 0 Å². The van der Waals surface area contributed by atoms with Crippen LogP contribution >= 0.6 is 34.9 Å². The SMILES string of the molecule is Cc1cc(NC(=O)CSc2nnc(SCC(=O)Nc3cc(C)on3)s2)no1. The lowest BCUT2D eigenvalue weighted by molar-refractivity contribution is -0.114. The Hall–Kier alpha value is -2.38. The van der Waals surface area contributed by atoms with Crippen molar-refractivity contribution >= 4 is 58.3 Å². The number of carbonyl (C=O) groups is 2. The zero-order valence-electron chi connectivity index (χ0n) is 14.2. The van der Waals surface area contributed by atoms with Crippen molar-refractivity contribution in [3.05, 3.63) is 23.7 Å². The maximum absolute atomic E-state index is 11.9. The van der Waals surface area contributed by atoms with E-state index in [2.05, 4.69) is 31.1 Å². The first-order valence-corrected chi connectivity index (χ1v) is 10.3. The van der Waals surface area contributed by atoms with Gasteiger partial charge in [0.25, 0.3) is 0 Å². The lowest BCUT2D eigenvalue weighted by Gasteiger charge is -1.98. The van der Waals surface area contributed by atoms with Crippen molar-refractivity contribution in [2.45, 2.75) is 22.5 Å². The molecule has 0 unspecified atom stereocenters. The van der Waals surface area contributed by atoms with Gasteiger partial charge in [-0.05, 0) is 13.8 Å². The molecule has 0 aliphatic carbocycles. The molecule has 3 aromatic heterocycles. The number of thioether (sulfide) groups is 2. The molecule has 0 aliphatic heterocycles. The predicted octanol–water partition coefficient (Wildman–Crippen LogP) is 2.59. The summed E-state index contributed by atoms with van der Waals surface area (Å²) in [6.45, 7) is 3.48. The molecule has 13 heteroatoms. The van der Waals surface area contributed by atoms with Crippen LogP contribution in [0.4, 0.5) is 11.6 Å². The highest BCUT2D eigenvalue weighted by molar-refractivity contribution is 8.03. The van der Waals surface area contributed by atoms with Gasteiger partial charge in [0, 0.05) is 12.1 Å². The fourth-order valence-corrected chi connectivity index (χ4v) is 4.40. The first-order chi connectivity index (χ1) is 13.0. The molecule has 2 amide bonds. The Morgan fingerprint density at radius 2 is 1.37 bits per heavy atom. The monoisotopic (exact) mass is 426 g/mol. The molecule has 3 aromatic rings. The predicted molar refractivity (Wildman–Crippen MR) is 101 cm³/mol. The van der Waals surface area contributed by atoms with Gasteiger partial charge in [-0.3, -0.25) is 9.59 Å². The molecule has 2 N–H and O–H groups in total. The largest absolute Gasteiger partial charge is 0.360 e. The molecule has 0 bridgehead atoms. The maximum Gasteiger partial charge on any atom is 0.236 e. The van der Waals surface area contributed by atoms with Crippen molar-refractivity contribution in [2.75, 3.05) is 22.1 Å². The molecule has 0 aromatic carbocycles. The fourth-order valence-electron chi connectivity index (χ4n) is 1.78. The second-order valence-corrected chi connectivity index (χ2v) is 8.58. The highest BCUT2D eigenvalue weighted by atomic mass is 32.2. The van der Waals surface area contributed by atoms with Gasteiger partial charge in [-0.25, -0.2) is 0 Å². The molecule has 0 aliphatic rings. The van der Waals surface area contributed by atoms with E-state index in [1.807, 2.05) is 0 Å². The van der Waals surface area contributed by atoms with E-state index in [-0.39, 0.29) is 23.3 Å². The Bertz CT molecular complexity index is 864. The Kier molecular flexibility index (Phi) is 6.47. The van der Waals surface area contributed by atoms with Crippen molar-refractivity contribution in [1.29, 1.82) is 0 Å². The van der Waals surface area contributed by atoms with Crippen LogP contribution in [0.15, 0.2) is 29.9 Å². The molecule has 3 rings (SSSR count). The third-order valence-corrected chi connectivity index (χ3v) is 6.02. The Morgan fingerprint density at radius 3 is 1.74 bits per heavy atom. The van der Waals surface area contributed by atoms with Crippen LogP contribution in [-0.4, -0.2) is 43.8 Å². The number of carbonyl (C=O) groups excluding carboxylic acids is 2. The smallest absolute Gasteiger partial charge is 0.236 e. The van der Waals surface area contributed by atoms with E-state index in [1.165, 1.54) is 34.9 Å². The van der Waals surface area contributed by atoms with Crippen LogP contribution in [0.3, 0.4) is 0 Å². The van der Waals surface area contributed by atoms with Crippen molar-refractivity contribution in [2.24, 2.45) is 0 Å². The van der Waals surface area contributed by atoms with E-state index >= 15 is 0 Å². The third kappa shape index (κ3) is 6.08. The number of hydrogen-bond donors (Lipinski definition) is 2. The number of amides is 2. The molecule has 0 saturated carbocycles. The summed E-state index contributed by atoms with van der Waals surface area (Å²) >= 11 is 3.82. The molecule has 0 fully saturated rings. The van der Waals surface area contributed by atoms with Gasteiger partial charge >= 0.3 is 0 Å². The Balaban J connectivity index is 1.40. The summed E-state index contributed by atoms with van der Waals surface area (Å²) in [7, 11) is 0. The van der Waals surface area contributed by atoms with E-state index in [9.17, 15) is 9.59 Å². The van der Waals surface area contributed by atoms with E-state index in [4.69, 9.17) is 9.05 Å². The third-order valence-electron chi connectivity index (χ3n) is 2.83. The second-order valence-electron chi connectivity index (χ2n) is 5.15. The van der Waals surface area contributed by atoms with Gasteiger partial charge in [-0.15, -0.1) is 10.2 Å². The van der Waals surface area contributed by atoms with Crippen LogP contribution in [0.2, 0.25) is 0 Å². The summed E-state index contributed by atoms with van der Waals surface area (Å²) in [4.78, 5) is 23.7. The van der Waals surface area contributed by atoms with Gasteiger partial charge in [0.15, 0.2) is 20.3 Å². The number of nitrogens with one attached hydrogen (secondary N) is 2. The van der Waals surface area contributed by atoms with Crippen molar-refractivity contribution in [3.8, 4) is 0 Å². The number of hydrogen-bond acceptors (Lipinski definition) is 11. The number of aryl methyl sites for hydroxylation is 2. The Morgan fingerprint density at radius 1 is 0.926 bits per heavy atom. The lowest BCUT2D eigenvalue weighted by atomic mass is 10.5. The average molecular weight is 427 g/mol. The average Bonchev–Trinajstić information content (AvgIpc) is 3.34. The lowest BCUT2D eigenvalue weighted by Crippen LogP contribution is -2.14. The van der Waals surface area contributed by atoms with Gasteiger partial charge in [-0.1, -0.05) is 45.2 Å². The van der Waals surface area contributed by atoms with Gasteiger partial charge in [0.1, 0.15) is 11.5 Å². The normalized spacial score (nSPS) is 10.7. The van der Waals surface area contributed by atoms with E-state index in [1.54, 1.807) is 26.0 Å². The second kappa shape index (κ2) is 9.01. The highest BCUT2D eigenvalue weighted by Crippen LogP contribution is 2.28. The molecule has 27 heavy (non-hydrogen) atoms. The molecule has 0 atom stereocenters. The summed E-state index contributed by atoms with van der Waals surface area (Å²) < 4.78 is 11.0. The summed E-state index contributed by atoms with van der Waals surface area (Å²) in [5.74, 6) is 1.87. The van der Waals surface area contributed by atoms with Crippen LogP contribution in [0.25, 0.3) is 0 Å². The first kappa shape index (κ1) is 19.4. The van der Waals surface area contributed by atoms with Crippen LogP contribution in [0.1, 0.15) is 11.5 Å². The van der Waals surface area contributed by atoms with Crippen LogP contribution < -0.4 is 10.6 Å². The van der Waals surface area contributed by atoms with E-state index in [0.29, 0.717) is 31.8 Å². The first-order valence-electron chi connectivity index (χ1n) is 7.53. The number of aromatic nitrogens is 4. The van der Waals surface area contributed by atoms with Gasteiger partial charge in [-0.2, -0.15) is 0 Å². The highest BCUT2D eigenvalue weighted by Gasteiger charge is 2.12. The van der Waals surface area contributed by atoms with E-state index in [0.717, 1.165) is 0 Å². The molecule has 0 saturated heterocycles. The van der Waals surface area contributed by atoms with Crippen molar-refractivity contribution in [1.82, 2.24) is 20.5 Å². The number of anilines is 2. The topological polar surface area (TPSA) is 136 Å². The van der Waals surface area contributed by atoms with Gasteiger partial charge in [0.2, 0.25) is 11.8 Å². The summed E-state index contributed by atoms with van der Waals surface area (Å²) in [5.41, 5.74) is 0. The molecular weight excluding hydrogens is 412 g/mol. The maximum atomic E-state index is 11.9. The van der Waals surface area contributed by atoms with Crippen molar-refractivity contribution in [3.63, 3.8) is 0 Å². The van der Waals surface area contributed by atoms with Gasteiger partial charge in [0.05, 0.1) is 11.5 Å². The molecule has 3 heterocycles. The summed E-state index contributed by atoms with van der Waals surface area (Å²) in [6.07, 6.45) is 0.